The van der Waals surface area contributed by atoms with Crippen molar-refractivity contribution in [2.45, 2.75) is 13.8 Å². The molecule has 0 spiro atoms. The van der Waals surface area contributed by atoms with E-state index in [9.17, 15) is 0 Å². The van der Waals surface area contributed by atoms with Crippen molar-refractivity contribution in [1.82, 2.24) is 14.7 Å². The summed E-state index contributed by atoms with van der Waals surface area (Å²) < 4.78 is 0. The predicted octanol–water partition coefficient (Wildman–Crippen LogP) is 0.576. The van der Waals surface area contributed by atoms with E-state index in [0.717, 1.165) is 5.92 Å². The Bertz CT molecular complexity index is 181. The maximum absolute atomic E-state index is 2.66. The van der Waals surface area contributed by atoms with Crippen LogP contribution in [0.2, 0.25) is 0 Å². The molecular formula is C12H25N3. The van der Waals surface area contributed by atoms with Gasteiger partial charge < -0.3 is 14.7 Å². The number of nitrogens with zero attached hydrogens (tertiary/aromatic N) is 3. The highest BCUT2D eigenvalue weighted by Crippen LogP contribution is 2.16. The van der Waals surface area contributed by atoms with Crippen molar-refractivity contribution >= 4 is 0 Å². The van der Waals surface area contributed by atoms with E-state index >= 15 is 0 Å². The summed E-state index contributed by atoms with van der Waals surface area (Å²) in [6, 6.07) is 0. The first-order valence-corrected chi connectivity index (χ1v) is 6.49. The normalized spacial score (nSPS) is 26.8. The molecule has 0 saturated carbocycles. The van der Waals surface area contributed by atoms with Crippen molar-refractivity contribution < 1.29 is 0 Å². The molecule has 0 radical (unpaired) electrons. The molecule has 2 fully saturated rings. The summed E-state index contributed by atoms with van der Waals surface area (Å²) in [4.78, 5) is 7.74. The second kappa shape index (κ2) is 5.28. The van der Waals surface area contributed by atoms with Gasteiger partial charge in [-0.15, -0.1) is 0 Å². The molecule has 2 rings (SSSR count). The van der Waals surface area contributed by atoms with Crippen LogP contribution in [0.4, 0.5) is 0 Å². The lowest BCUT2D eigenvalue weighted by Crippen LogP contribution is -2.54. The fourth-order valence-electron chi connectivity index (χ4n) is 2.70. The van der Waals surface area contributed by atoms with Gasteiger partial charge in [-0.25, -0.2) is 0 Å². The maximum Gasteiger partial charge on any atom is 0.0110 e. The third kappa shape index (κ3) is 2.92. The lowest BCUT2D eigenvalue weighted by Gasteiger charge is -2.43. The van der Waals surface area contributed by atoms with Crippen LogP contribution in [0, 0.1) is 5.92 Å². The molecule has 3 nitrogen and oxygen atoms in total. The van der Waals surface area contributed by atoms with E-state index < -0.39 is 0 Å². The van der Waals surface area contributed by atoms with E-state index in [4.69, 9.17) is 0 Å². The van der Waals surface area contributed by atoms with Gasteiger partial charge in [0.15, 0.2) is 0 Å². The van der Waals surface area contributed by atoms with Crippen LogP contribution >= 0.6 is 0 Å². The maximum atomic E-state index is 2.66. The smallest absolute Gasteiger partial charge is 0.0110 e. The molecule has 0 amide bonds. The van der Waals surface area contributed by atoms with Gasteiger partial charge in [0.25, 0.3) is 0 Å². The first kappa shape index (κ1) is 11.4. The highest BCUT2D eigenvalue weighted by Gasteiger charge is 2.27. The van der Waals surface area contributed by atoms with Crippen LogP contribution in [0.25, 0.3) is 0 Å². The molecule has 0 aromatic heterocycles. The van der Waals surface area contributed by atoms with Crippen LogP contribution in [-0.4, -0.2) is 73.6 Å². The quantitative estimate of drug-likeness (QED) is 0.673. The number of hydrogen-bond acceptors (Lipinski definition) is 3. The summed E-state index contributed by atoms with van der Waals surface area (Å²) in [6.45, 7) is 16.1. The van der Waals surface area contributed by atoms with Gasteiger partial charge in [0.05, 0.1) is 0 Å². The molecule has 2 heterocycles. The van der Waals surface area contributed by atoms with Crippen LogP contribution in [0.3, 0.4) is 0 Å². The summed E-state index contributed by atoms with van der Waals surface area (Å²) in [7, 11) is 0. The Kier molecular flexibility index (Phi) is 4.00. The first-order chi connectivity index (χ1) is 7.31. The number of likely N-dealkylation sites (N-methyl/N-ethyl adjacent to an activating group) is 1. The van der Waals surface area contributed by atoms with Crippen LogP contribution in [0.15, 0.2) is 0 Å². The average Bonchev–Trinajstić information content (AvgIpc) is 2.23. The van der Waals surface area contributed by atoms with Crippen LogP contribution < -0.4 is 0 Å². The highest BCUT2D eigenvalue weighted by atomic mass is 15.3. The summed E-state index contributed by atoms with van der Waals surface area (Å²) in [6.07, 6.45) is 0. The second-order valence-corrected chi connectivity index (χ2v) is 4.95. The SMILES string of the molecule is CCN1CCN(CC2CN(CC)C2)CC1. The Morgan fingerprint density at radius 3 is 1.87 bits per heavy atom. The van der Waals surface area contributed by atoms with E-state index in [1.165, 1.54) is 58.9 Å². The Morgan fingerprint density at radius 1 is 0.800 bits per heavy atom. The van der Waals surface area contributed by atoms with Crippen molar-refractivity contribution in [2.24, 2.45) is 5.92 Å². The van der Waals surface area contributed by atoms with Crippen molar-refractivity contribution in [3.05, 3.63) is 0 Å². The lowest BCUT2D eigenvalue weighted by molar-refractivity contribution is 0.0512. The monoisotopic (exact) mass is 211 g/mol. The number of piperazine rings is 1. The minimum Gasteiger partial charge on any atom is -0.303 e. The summed E-state index contributed by atoms with van der Waals surface area (Å²) in [5, 5.41) is 0. The Hall–Kier alpha value is -0.120. The number of hydrogen-bond donors (Lipinski definition) is 0. The van der Waals surface area contributed by atoms with Crippen molar-refractivity contribution in [2.75, 3.05) is 58.9 Å². The van der Waals surface area contributed by atoms with Gasteiger partial charge in [0, 0.05) is 45.8 Å². The van der Waals surface area contributed by atoms with E-state index in [2.05, 4.69) is 28.5 Å². The second-order valence-electron chi connectivity index (χ2n) is 4.95. The minimum atomic E-state index is 0.957. The van der Waals surface area contributed by atoms with Crippen LogP contribution in [0.1, 0.15) is 13.8 Å². The van der Waals surface area contributed by atoms with Gasteiger partial charge in [0.2, 0.25) is 0 Å². The third-order valence-corrected chi connectivity index (χ3v) is 3.91. The molecular weight excluding hydrogens is 186 g/mol. The zero-order valence-corrected chi connectivity index (χ0v) is 10.3. The fourth-order valence-corrected chi connectivity index (χ4v) is 2.70. The van der Waals surface area contributed by atoms with Crippen molar-refractivity contribution in [1.29, 1.82) is 0 Å². The van der Waals surface area contributed by atoms with Gasteiger partial charge in [-0.05, 0) is 19.0 Å². The Balaban J connectivity index is 1.61. The Labute approximate surface area is 94.0 Å². The number of rotatable bonds is 4. The van der Waals surface area contributed by atoms with Gasteiger partial charge in [0.1, 0.15) is 0 Å². The highest BCUT2D eigenvalue weighted by molar-refractivity contribution is 4.83. The lowest BCUT2D eigenvalue weighted by atomic mass is 9.99. The van der Waals surface area contributed by atoms with E-state index in [1.807, 2.05) is 0 Å². The standard InChI is InChI=1S/C12H25N3/c1-3-13-5-7-15(8-6-13)11-12-9-14(4-2)10-12/h12H,3-11H2,1-2H3. The molecule has 0 bridgehead atoms. The molecule has 3 heteroatoms. The average molecular weight is 211 g/mol. The van der Waals surface area contributed by atoms with Crippen molar-refractivity contribution in [3.8, 4) is 0 Å². The van der Waals surface area contributed by atoms with Gasteiger partial charge in [-0.3, -0.25) is 0 Å². The van der Waals surface area contributed by atoms with E-state index in [0.29, 0.717) is 0 Å². The zero-order valence-electron chi connectivity index (χ0n) is 10.3. The molecule has 0 aromatic carbocycles. The molecule has 2 aliphatic heterocycles. The molecule has 2 saturated heterocycles. The molecule has 2 aliphatic rings. The van der Waals surface area contributed by atoms with Crippen LogP contribution in [0.5, 0.6) is 0 Å². The summed E-state index contributed by atoms with van der Waals surface area (Å²) in [5.74, 6) is 0.957. The molecule has 0 unspecified atom stereocenters. The summed E-state index contributed by atoms with van der Waals surface area (Å²) in [5.41, 5.74) is 0. The van der Waals surface area contributed by atoms with E-state index in [1.54, 1.807) is 0 Å². The molecule has 0 aliphatic carbocycles. The van der Waals surface area contributed by atoms with Gasteiger partial charge in [-0.1, -0.05) is 13.8 Å². The van der Waals surface area contributed by atoms with Gasteiger partial charge in [-0.2, -0.15) is 0 Å². The minimum absolute atomic E-state index is 0.957. The fraction of sp³-hybridized carbons (Fsp3) is 1.00. The third-order valence-electron chi connectivity index (χ3n) is 3.91. The zero-order chi connectivity index (χ0) is 10.7. The molecule has 88 valence electrons. The predicted molar refractivity (Wildman–Crippen MR) is 64.2 cm³/mol. The Morgan fingerprint density at radius 2 is 1.33 bits per heavy atom. The molecule has 0 aromatic rings. The summed E-state index contributed by atoms with van der Waals surface area (Å²) >= 11 is 0. The first-order valence-electron chi connectivity index (χ1n) is 6.49. The van der Waals surface area contributed by atoms with E-state index in [-0.39, 0.29) is 0 Å². The molecule has 0 N–H and O–H groups in total. The topological polar surface area (TPSA) is 9.72 Å². The largest absolute Gasteiger partial charge is 0.303 e. The molecule has 15 heavy (non-hydrogen) atoms. The molecule has 0 atom stereocenters. The van der Waals surface area contributed by atoms with Crippen LogP contribution in [-0.2, 0) is 0 Å². The van der Waals surface area contributed by atoms with Gasteiger partial charge >= 0.3 is 0 Å². The van der Waals surface area contributed by atoms with Crippen molar-refractivity contribution in [3.63, 3.8) is 0 Å². The number of likely N-dealkylation sites (tertiary alicyclic amines) is 1.